The highest BCUT2D eigenvalue weighted by molar-refractivity contribution is 5.95. The highest BCUT2D eigenvalue weighted by Crippen LogP contribution is 2.29. The van der Waals surface area contributed by atoms with E-state index >= 15 is 0 Å². The van der Waals surface area contributed by atoms with Gasteiger partial charge in [0, 0.05) is 13.1 Å². The standard InChI is InChI=1S/C16H23N3O.2ClH/c20-16(12-17-11-13-7-8-13)18-14-5-1-2-6-15(14)19-9-3-4-10-19;;/h1-2,5-6,13,17H,3-4,7-12H2,(H,18,20);2*1H. The summed E-state index contributed by atoms with van der Waals surface area (Å²) >= 11 is 0. The Balaban J connectivity index is 0.00000121. The number of hydrogen-bond acceptors (Lipinski definition) is 3. The Kier molecular flexibility index (Phi) is 8.01. The van der Waals surface area contributed by atoms with E-state index in [4.69, 9.17) is 0 Å². The maximum Gasteiger partial charge on any atom is 0.238 e. The number of nitrogens with zero attached hydrogens (tertiary/aromatic N) is 1. The molecule has 0 atom stereocenters. The Morgan fingerprint density at radius 3 is 2.50 bits per heavy atom. The minimum atomic E-state index is 0. The number of carbonyl (C=O) groups is 1. The lowest BCUT2D eigenvalue weighted by molar-refractivity contribution is -0.115. The SMILES string of the molecule is Cl.Cl.O=C(CNCC1CC1)Nc1ccccc1N1CCCC1. The third kappa shape index (κ3) is 5.34. The molecule has 1 saturated heterocycles. The van der Waals surface area contributed by atoms with E-state index in [1.54, 1.807) is 0 Å². The fourth-order valence-electron chi connectivity index (χ4n) is 2.72. The van der Waals surface area contributed by atoms with Crippen LogP contribution >= 0.6 is 24.8 Å². The van der Waals surface area contributed by atoms with Crippen molar-refractivity contribution in [2.45, 2.75) is 25.7 Å². The number of halogens is 2. The quantitative estimate of drug-likeness (QED) is 0.832. The summed E-state index contributed by atoms with van der Waals surface area (Å²) in [6.07, 6.45) is 5.11. The molecule has 1 amide bonds. The minimum Gasteiger partial charge on any atom is -0.370 e. The number of hydrogen-bond donors (Lipinski definition) is 2. The van der Waals surface area contributed by atoms with Crippen LogP contribution in [0.5, 0.6) is 0 Å². The fourth-order valence-corrected chi connectivity index (χ4v) is 2.72. The molecule has 0 bridgehead atoms. The van der Waals surface area contributed by atoms with Crippen molar-refractivity contribution in [3.8, 4) is 0 Å². The first kappa shape index (κ1) is 19.1. The van der Waals surface area contributed by atoms with Crippen LogP contribution in [0.15, 0.2) is 24.3 Å². The molecule has 124 valence electrons. The molecule has 1 aliphatic carbocycles. The molecule has 22 heavy (non-hydrogen) atoms. The van der Waals surface area contributed by atoms with E-state index in [-0.39, 0.29) is 30.7 Å². The first-order valence-corrected chi connectivity index (χ1v) is 7.67. The molecule has 0 spiro atoms. The highest BCUT2D eigenvalue weighted by atomic mass is 35.5. The Bertz CT molecular complexity index is 474. The Labute approximate surface area is 144 Å². The lowest BCUT2D eigenvalue weighted by Crippen LogP contribution is -2.30. The molecule has 4 nitrogen and oxygen atoms in total. The molecule has 0 aromatic heterocycles. The molecule has 0 unspecified atom stereocenters. The van der Waals surface area contributed by atoms with Gasteiger partial charge in [-0.1, -0.05) is 12.1 Å². The van der Waals surface area contributed by atoms with Crippen LogP contribution in [0.2, 0.25) is 0 Å². The molecule has 3 rings (SSSR count). The van der Waals surface area contributed by atoms with Gasteiger partial charge in [-0.05, 0) is 50.3 Å². The number of nitrogens with one attached hydrogen (secondary N) is 2. The summed E-state index contributed by atoms with van der Waals surface area (Å²) in [6.45, 7) is 3.56. The lowest BCUT2D eigenvalue weighted by atomic mass is 10.2. The van der Waals surface area contributed by atoms with Crippen LogP contribution in [0.1, 0.15) is 25.7 Å². The van der Waals surface area contributed by atoms with Crippen LogP contribution in [-0.4, -0.2) is 32.1 Å². The number of benzene rings is 1. The molecule has 1 aliphatic heterocycles. The van der Waals surface area contributed by atoms with E-state index in [1.165, 1.54) is 25.7 Å². The fraction of sp³-hybridized carbons (Fsp3) is 0.562. The maximum absolute atomic E-state index is 12.0. The van der Waals surface area contributed by atoms with E-state index in [2.05, 4.69) is 21.6 Å². The number of amides is 1. The van der Waals surface area contributed by atoms with Crippen LogP contribution in [0, 0.1) is 5.92 Å². The van der Waals surface area contributed by atoms with E-state index in [0.29, 0.717) is 6.54 Å². The van der Waals surface area contributed by atoms with Crippen LogP contribution in [-0.2, 0) is 4.79 Å². The van der Waals surface area contributed by atoms with Crippen LogP contribution in [0.3, 0.4) is 0 Å². The van der Waals surface area contributed by atoms with E-state index in [1.807, 2.05) is 18.2 Å². The normalized spacial score (nSPS) is 16.6. The molecule has 1 aromatic rings. The Morgan fingerprint density at radius 1 is 1.14 bits per heavy atom. The predicted octanol–water partition coefficient (Wildman–Crippen LogP) is 3.07. The second kappa shape index (κ2) is 9.23. The summed E-state index contributed by atoms with van der Waals surface area (Å²) in [5.74, 6) is 0.858. The molecule has 2 aliphatic rings. The van der Waals surface area contributed by atoms with Crippen molar-refractivity contribution in [1.82, 2.24) is 5.32 Å². The second-order valence-electron chi connectivity index (χ2n) is 5.83. The van der Waals surface area contributed by atoms with Crippen molar-refractivity contribution in [3.63, 3.8) is 0 Å². The summed E-state index contributed by atoms with van der Waals surface area (Å²) in [7, 11) is 0. The van der Waals surface area contributed by atoms with Crippen molar-refractivity contribution in [3.05, 3.63) is 24.3 Å². The lowest BCUT2D eigenvalue weighted by Gasteiger charge is -2.21. The largest absolute Gasteiger partial charge is 0.370 e. The maximum atomic E-state index is 12.0. The van der Waals surface area contributed by atoms with Crippen molar-refractivity contribution in [2.75, 3.05) is 36.4 Å². The van der Waals surface area contributed by atoms with Crippen molar-refractivity contribution < 1.29 is 4.79 Å². The first-order chi connectivity index (χ1) is 9.83. The average Bonchev–Trinajstić information content (AvgIpc) is 3.11. The molecule has 0 radical (unpaired) electrons. The average molecular weight is 346 g/mol. The molecule has 1 saturated carbocycles. The zero-order valence-corrected chi connectivity index (χ0v) is 14.3. The number of carbonyl (C=O) groups excluding carboxylic acids is 1. The van der Waals surface area contributed by atoms with Crippen LogP contribution in [0.25, 0.3) is 0 Å². The molecular formula is C16H25Cl2N3O. The zero-order valence-electron chi connectivity index (χ0n) is 12.7. The van der Waals surface area contributed by atoms with Gasteiger partial charge < -0.3 is 15.5 Å². The molecule has 1 heterocycles. The molecule has 2 N–H and O–H groups in total. The van der Waals surface area contributed by atoms with Gasteiger partial charge in [-0.25, -0.2) is 0 Å². The van der Waals surface area contributed by atoms with E-state index in [9.17, 15) is 4.79 Å². The van der Waals surface area contributed by atoms with Crippen LogP contribution < -0.4 is 15.5 Å². The van der Waals surface area contributed by atoms with E-state index < -0.39 is 0 Å². The summed E-state index contributed by atoms with van der Waals surface area (Å²) in [4.78, 5) is 14.3. The zero-order chi connectivity index (χ0) is 13.8. The minimum absolute atomic E-state index is 0. The Morgan fingerprint density at radius 2 is 1.82 bits per heavy atom. The summed E-state index contributed by atoms with van der Waals surface area (Å²) in [6, 6.07) is 8.10. The van der Waals surface area contributed by atoms with Gasteiger partial charge in [0.05, 0.1) is 17.9 Å². The van der Waals surface area contributed by atoms with Gasteiger partial charge in [-0.15, -0.1) is 24.8 Å². The second-order valence-corrected chi connectivity index (χ2v) is 5.83. The molecule has 6 heteroatoms. The summed E-state index contributed by atoms with van der Waals surface area (Å²) in [5.41, 5.74) is 2.09. The molecular weight excluding hydrogens is 321 g/mol. The third-order valence-electron chi connectivity index (χ3n) is 4.04. The van der Waals surface area contributed by atoms with Crippen molar-refractivity contribution in [1.29, 1.82) is 0 Å². The predicted molar refractivity (Wildman–Crippen MR) is 96.6 cm³/mol. The van der Waals surface area contributed by atoms with Gasteiger partial charge >= 0.3 is 0 Å². The number of para-hydroxylation sites is 2. The van der Waals surface area contributed by atoms with Gasteiger partial charge in [0.2, 0.25) is 5.91 Å². The van der Waals surface area contributed by atoms with Gasteiger partial charge in [0.1, 0.15) is 0 Å². The summed E-state index contributed by atoms with van der Waals surface area (Å²) < 4.78 is 0. The van der Waals surface area contributed by atoms with E-state index in [0.717, 1.165) is 36.9 Å². The van der Waals surface area contributed by atoms with Gasteiger partial charge in [0.25, 0.3) is 0 Å². The van der Waals surface area contributed by atoms with Crippen molar-refractivity contribution in [2.24, 2.45) is 5.92 Å². The number of anilines is 2. The molecule has 1 aromatic carbocycles. The monoisotopic (exact) mass is 345 g/mol. The smallest absolute Gasteiger partial charge is 0.238 e. The van der Waals surface area contributed by atoms with Gasteiger partial charge in [0.15, 0.2) is 0 Å². The topological polar surface area (TPSA) is 44.4 Å². The Hall–Kier alpha value is -0.970. The van der Waals surface area contributed by atoms with Gasteiger partial charge in [-0.3, -0.25) is 4.79 Å². The van der Waals surface area contributed by atoms with Crippen LogP contribution in [0.4, 0.5) is 11.4 Å². The first-order valence-electron chi connectivity index (χ1n) is 7.67. The number of rotatable bonds is 6. The third-order valence-corrected chi connectivity index (χ3v) is 4.04. The van der Waals surface area contributed by atoms with Crippen molar-refractivity contribution >= 4 is 42.1 Å². The molecule has 2 fully saturated rings. The van der Waals surface area contributed by atoms with Gasteiger partial charge in [-0.2, -0.15) is 0 Å². The highest BCUT2D eigenvalue weighted by Gasteiger charge is 2.21. The summed E-state index contributed by atoms with van der Waals surface area (Å²) in [5, 5.41) is 6.27.